The SMILES string of the molecule is CN(Cc1cccc(F)c1F)C1CCS(=O)(=O)C1. The summed E-state index contributed by atoms with van der Waals surface area (Å²) < 4.78 is 49.2. The summed E-state index contributed by atoms with van der Waals surface area (Å²) in [5.41, 5.74) is 0.252. The lowest BCUT2D eigenvalue weighted by Gasteiger charge is -2.23. The maximum absolute atomic E-state index is 13.5. The van der Waals surface area contributed by atoms with Crippen molar-refractivity contribution < 1.29 is 17.2 Å². The topological polar surface area (TPSA) is 37.4 Å². The highest BCUT2D eigenvalue weighted by atomic mass is 32.2. The molecule has 1 aromatic rings. The summed E-state index contributed by atoms with van der Waals surface area (Å²) in [5.74, 6) is -1.46. The van der Waals surface area contributed by atoms with Crippen LogP contribution in [0, 0.1) is 11.6 Å². The molecule has 0 bridgehead atoms. The third-order valence-corrected chi connectivity index (χ3v) is 5.03. The molecule has 0 spiro atoms. The van der Waals surface area contributed by atoms with Gasteiger partial charge >= 0.3 is 0 Å². The van der Waals surface area contributed by atoms with Crippen molar-refractivity contribution in [3.63, 3.8) is 0 Å². The van der Waals surface area contributed by atoms with E-state index >= 15 is 0 Å². The lowest BCUT2D eigenvalue weighted by Crippen LogP contribution is -2.32. The van der Waals surface area contributed by atoms with Crippen molar-refractivity contribution in [1.29, 1.82) is 0 Å². The third-order valence-electron chi connectivity index (χ3n) is 3.28. The van der Waals surface area contributed by atoms with E-state index < -0.39 is 21.5 Å². The molecule has 6 heteroatoms. The fraction of sp³-hybridized carbons (Fsp3) is 0.500. The molecule has 1 atom stereocenters. The Morgan fingerprint density at radius 3 is 2.72 bits per heavy atom. The lowest BCUT2D eigenvalue weighted by molar-refractivity contribution is 0.249. The van der Waals surface area contributed by atoms with Gasteiger partial charge in [0, 0.05) is 18.2 Å². The Bertz CT molecular complexity index is 545. The van der Waals surface area contributed by atoms with Gasteiger partial charge in [-0.3, -0.25) is 4.90 Å². The van der Waals surface area contributed by atoms with Gasteiger partial charge in [0.2, 0.25) is 0 Å². The van der Waals surface area contributed by atoms with Gasteiger partial charge in [-0.15, -0.1) is 0 Å². The van der Waals surface area contributed by atoms with Gasteiger partial charge < -0.3 is 0 Å². The van der Waals surface area contributed by atoms with E-state index in [-0.39, 0.29) is 29.7 Å². The molecule has 1 heterocycles. The van der Waals surface area contributed by atoms with Crippen LogP contribution in [0.2, 0.25) is 0 Å². The number of nitrogens with zero attached hydrogens (tertiary/aromatic N) is 1. The van der Waals surface area contributed by atoms with E-state index in [1.165, 1.54) is 12.1 Å². The molecular weight excluding hydrogens is 260 g/mol. The molecule has 0 amide bonds. The molecule has 1 aromatic carbocycles. The quantitative estimate of drug-likeness (QED) is 0.840. The average molecular weight is 275 g/mol. The Morgan fingerprint density at radius 1 is 1.39 bits per heavy atom. The maximum atomic E-state index is 13.5. The van der Waals surface area contributed by atoms with Crippen molar-refractivity contribution in [3.05, 3.63) is 35.4 Å². The normalized spacial score (nSPS) is 22.6. The van der Waals surface area contributed by atoms with E-state index in [0.29, 0.717) is 6.42 Å². The summed E-state index contributed by atoms with van der Waals surface area (Å²) in [7, 11) is -1.23. The van der Waals surface area contributed by atoms with Crippen LogP contribution in [0.4, 0.5) is 8.78 Å². The first-order chi connectivity index (χ1) is 8.39. The van der Waals surface area contributed by atoms with Gasteiger partial charge in [-0.05, 0) is 19.5 Å². The average Bonchev–Trinajstić information content (AvgIpc) is 2.65. The first-order valence-corrected chi connectivity index (χ1v) is 7.55. The zero-order chi connectivity index (χ0) is 13.3. The standard InChI is InChI=1S/C12H15F2NO2S/c1-15(10-5-6-18(16,17)8-10)7-9-3-2-4-11(13)12(9)14/h2-4,10H,5-8H2,1H3. The van der Waals surface area contributed by atoms with E-state index in [4.69, 9.17) is 0 Å². The number of halogens is 2. The van der Waals surface area contributed by atoms with Gasteiger partial charge in [-0.25, -0.2) is 17.2 Å². The monoisotopic (exact) mass is 275 g/mol. The second-order valence-electron chi connectivity index (χ2n) is 4.68. The Morgan fingerprint density at radius 2 is 2.11 bits per heavy atom. The third kappa shape index (κ3) is 2.87. The van der Waals surface area contributed by atoms with Gasteiger partial charge in [0.25, 0.3) is 0 Å². The van der Waals surface area contributed by atoms with Crippen molar-refractivity contribution in [2.24, 2.45) is 0 Å². The summed E-state index contributed by atoms with van der Waals surface area (Å²) in [6, 6.07) is 3.92. The van der Waals surface area contributed by atoms with Crippen molar-refractivity contribution in [2.45, 2.75) is 19.0 Å². The second-order valence-corrected chi connectivity index (χ2v) is 6.91. The van der Waals surface area contributed by atoms with Crippen LogP contribution >= 0.6 is 0 Å². The van der Waals surface area contributed by atoms with Crippen molar-refractivity contribution >= 4 is 9.84 Å². The van der Waals surface area contributed by atoms with E-state index in [1.54, 1.807) is 11.9 Å². The predicted molar refractivity (Wildman–Crippen MR) is 64.9 cm³/mol. The zero-order valence-electron chi connectivity index (χ0n) is 10.1. The van der Waals surface area contributed by atoms with Crippen LogP contribution in [0.3, 0.4) is 0 Å². The van der Waals surface area contributed by atoms with Crippen molar-refractivity contribution in [2.75, 3.05) is 18.6 Å². The molecule has 1 saturated heterocycles. The van der Waals surface area contributed by atoms with Gasteiger partial charge in [0.15, 0.2) is 21.5 Å². The summed E-state index contributed by atoms with van der Waals surface area (Å²) in [6.45, 7) is 0.212. The van der Waals surface area contributed by atoms with Crippen LogP contribution in [-0.4, -0.2) is 37.9 Å². The maximum Gasteiger partial charge on any atom is 0.163 e. The molecule has 2 rings (SSSR count). The lowest BCUT2D eigenvalue weighted by atomic mass is 10.1. The number of hydrogen-bond acceptors (Lipinski definition) is 3. The van der Waals surface area contributed by atoms with E-state index in [1.807, 2.05) is 0 Å². The minimum atomic E-state index is -2.96. The van der Waals surface area contributed by atoms with E-state index in [9.17, 15) is 17.2 Å². The molecule has 0 aliphatic carbocycles. The molecule has 0 aromatic heterocycles. The molecule has 0 N–H and O–H groups in total. The highest BCUT2D eigenvalue weighted by Crippen LogP contribution is 2.20. The number of sulfone groups is 1. The van der Waals surface area contributed by atoms with Crippen LogP contribution in [0.25, 0.3) is 0 Å². The summed E-state index contributed by atoms with van der Waals surface area (Å²) in [4.78, 5) is 1.77. The molecule has 100 valence electrons. The first-order valence-electron chi connectivity index (χ1n) is 5.72. The number of rotatable bonds is 3. The van der Waals surface area contributed by atoms with Crippen molar-refractivity contribution in [1.82, 2.24) is 4.90 Å². The Kier molecular flexibility index (Phi) is 3.68. The largest absolute Gasteiger partial charge is 0.298 e. The second kappa shape index (κ2) is 4.93. The highest BCUT2D eigenvalue weighted by Gasteiger charge is 2.30. The van der Waals surface area contributed by atoms with E-state index in [2.05, 4.69) is 0 Å². The first kappa shape index (κ1) is 13.4. The van der Waals surface area contributed by atoms with Crippen LogP contribution in [0.15, 0.2) is 18.2 Å². The molecule has 18 heavy (non-hydrogen) atoms. The predicted octanol–water partition coefficient (Wildman–Crippen LogP) is 1.58. The molecule has 1 unspecified atom stereocenters. The zero-order valence-corrected chi connectivity index (χ0v) is 10.9. The minimum Gasteiger partial charge on any atom is -0.298 e. The highest BCUT2D eigenvalue weighted by molar-refractivity contribution is 7.91. The Hall–Kier alpha value is -1.01. The van der Waals surface area contributed by atoms with Gasteiger partial charge in [-0.1, -0.05) is 12.1 Å². The van der Waals surface area contributed by atoms with Crippen LogP contribution in [-0.2, 0) is 16.4 Å². The van der Waals surface area contributed by atoms with Gasteiger partial charge in [0.05, 0.1) is 11.5 Å². The number of hydrogen-bond donors (Lipinski definition) is 0. The van der Waals surface area contributed by atoms with Crippen LogP contribution < -0.4 is 0 Å². The van der Waals surface area contributed by atoms with E-state index in [0.717, 1.165) is 6.07 Å². The smallest absolute Gasteiger partial charge is 0.163 e. The summed E-state index contributed by atoms with van der Waals surface area (Å²) in [6.07, 6.45) is 0.551. The molecular formula is C12H15F2NO2S. The summed E-state index contributed by atoms with van der Waals surface area (Å²) in [5, 5.41) is 0. The number of benzene rings is 1. The molecule has 0 saturated carbocycles. The summed E-state index contributed by atoms with van der Waals surface area (Å²) >= 11 is 0. The molecule has 1 aliphatic heterocycles. The van der Waals surface area contributed by atoms with Crippen LogP contribution in [0.1, 0.15) is 12.0 Å². The van der Waals surface area contributed by atoms with Gasteiger partial charge in [0.1, 0.15) is 0 Å². The molecule has 0 radical (unpaired) electrons. The molecule has 1 aliphatic rings. The Balaban J connectivity index is 2.08. The van der Waals surface area contributed by atoms with Crippen LogP contribution in [0.5, 0.6) is 0 Å². The fourth-order valence-corrected chi connectivity index (χ4v) is 4.00. The Labute approximate surface area is 105 Å². The van der Waals surface area contributed by atoms with Gasteiger partial charge in [-0.2, -0.15) is 0 Å². The molecule has 3 nitrogen and oxygen atoms in total. The minimum absolute atomic E-state index is 0.0977. The van der Waals surface area contributed by atoms with Crippen molar-refractivity contribution in [3.8, 4) is 0 Å². The fourth-order valence-electron chi connectivity index (χ4n) is 2.19. The molecule has 1 fully saturated rings.